The van der Waals surface area contributed by atoms with Crippen molar-refractivity contribution in [2.75, 3.05) is 13.1 Å². The third-order valence-corrected chi connectivity index (χ3v) is 4.19. The van der Waals surface area contributed by atoms with Crippen LogP contribution in [0.2, 0.25) is 0 Å². The number of hydrogen-bond donors (Lipinski definition) is 2. The fraction of sp³-hybridized carbons (Fsp3) is 0.727. The third-order valence-electron chi connectivity index (χ3n) is 3.23. The highest BCUT2D eigenvalue weighted by Gasteiger charge is 2.36. The molecule has 2 N–H and O–H groups in total. The van der Waals surface area contributed by atoms with Gasteiger partial charge in [-0.15, -0.1) is 11.3 Å². The molecule has 2 rings (SSSR count). The van der Waals surface area contributed by atoms with E-state index in [1.54, 1.807) is 11.3 Å². The minimum atomic E-state index is -0.560. The molecule has 1 aromatic heterocycles. The summed E-state index contributed by atoms with van der Waals surface area (Å²) in [5.41, 5.74) is 0.496. The average Bonchev–Trinajstić information content (AvgIpc) is 2.57. The summed E-state index contributed by atoms with van der Waals surface area (Å²) in [5, 5.41) is 16.9. The maximum absolute atomic E-state index is 10.5. The predicted octanol–water partition coefficient (Wildman–Crippen LogP) is 1.35. The van der Waals surface area contributed by atoms with Gasteiger partial charge < -0.3 is 10.4 Å². The smallest absolute Gasteiger partial charge is 0.0956 e. The van der Waals surface area contributed by atoms with E-state index >= 15 is 0 Å². The zero-order valence-corrected chi connectivity index (χ0v) is 10.1. The summed E-state index contributed by atoms with van der Waals surface area (Å²) in [6.45, 7) is 5.91. The summed E-state index contributed by atoms with van der Waals surface area (Å²) < 4.78 is 0. The normalized spacial score (nSPS) is 31.8. The molecule has 0 bridgehead atoms. The lowest BCUT2D eigenvalue weighted by Crippen LogP contribution is -2.50. The molecule has 0 aromatic carbocycles. The van der Waals surface area contributed by atoms with E-state index < -0.39 is 5.60 Å². The van der Waals surface area contributed by atoms with Gasteiger partial charge in [0.15, 0.2) is 0 Å². The first kappa shape index (κ1) is 11.0. The Kier molecular flexibility index (Phi) is 3.09. The van der Waals surface area contributed by atoms with Crippen LogP contribution in [0.3, 0.4) is 0 Å². The van der Waals surface area contributed by atoms with Gasteiger partial charge in [-0.3, -0.25) is 0 Å². The number of thiazole rings is 1. The van der Waals surface area contributed by atoms with Crippen LogP contribution in [-0.2, 0) is 6.42 Å². The number of aromatic nitrogens is 1. The summed E-state index contributed by atoms with van der Waals surface area (Å²) in [7, 11) is 0. The quantitative estimate of drug-likeness (QED) is 0.800. The van der Waals surface area contributed by atoms with Gasteiger partial charge in [-0.1, -0.05) is 6.92 Å². The molecule has 3 nitrogen and oxygen atoms in total. The van der Waals surface area contributed by atoms with Crippen molar-refractivity contribution in [3.05, 3.63) is 16.1 Å². The fourth-order valence-electron chi connectivity index (χ4n) is 2.07. The van der Waals surface area contributed by atoms with Crippen LogP contribution in [0.1, 0.15) is 24.0 Å². The van der Waals surface area contributed by atoms with Gasteiger partial charge >= 0.3 is 0 Å². The molecule has 0 radical (unpaired) electrons. The molecule has 0 spiro atoms. The summed E-state index contributed by atoms with van der Waals surface area (Å²) in [4.78, 5) is 4.42. The molecule has 2 unspecified atom stereocenters. The summed E-state index contributed by atoms with van der Waals surface area (Å²) >= 11 is 1.65. The molecule has 1 aromatic rings. The minimum absolute atomic E-state index is 0.301. The first-order valence-electron chi connectivity index (χ1n) is 5.44. The van der Waals surface area contributed by atoms with Gasteiger partial charge in [-0.25, -0.2) is 4.98 Å². The highest BCUT2D eigenvalue weighted by atomic mass is 32.1. The zero-order valence-electron chi connectivity index (χ0n) is 9.29. The van der Waals surface area contributed by atoms with E-state index in [1.165, 1.54) is 0 Å². The van der Waals surface area contributed by atoms with E-state index in [2.05, 4.69) is 17.2 Å². The average molecular weight is 226 g/mol. The third kappa shape index (κ3) is 2.38. The number of rotatable bonds is 2. The maximum atomic E-state index is 10.5. The van der Waals surface area contributed by atoms with Crippen molar-refractivity contribution in [1.82, 2.24) is 10.3 Å². The number of aliphatic hydroxyl groups is 1. The van der Waals surface area contributed by atoms with Gasteiger partial charge in [0.2, 0.25) is 0 Å². The van der Waals surface area contributed by atoms with E-state index in [0.29, 0.717) is 12.3 Å². The van der Waals surface area contributed by atoms with E-state index in [1.807, 2.05) is 12.3 Å². The second-order valence-corrected chi connectivity index (χ2v) is 5.46. The molecule has 1 aliphatic rings. The summed E-state index contributed by atoms with van der Waals surface area (Å²) in [6.07, 6.45) is 1.53. The zero-order chi connectivity index (χ0) is 10.9. The number of hydrogen-bond acceptors (Lipinski definition) is 4. The SMILES string of the molecule is Cc1csc(CC2(O)CCNCC2C)n1. The Labute approximate surface area is 94.5 Å². The molecular formula is C11H18N2OS. The van der Waals surface area contributed by atoms with E-state index in [4.69, 9.17) is 0 Å². The molecule has 0 aliphatic carbocycles. The Bertz CT molecular complexity index is 339. The number of aryl methyl sites for hydroxylation is 1. The lowest BCUT2D eigenvalue weighted by atomic mass is 9.80. The number of nitrogens with one attached hydrogen (secondary N) is 1. The van der Waals surface area contributed by atoms with Gasteiger partial charge in [0, 0.05) is 24.0 Å². The van der Waals surface area contributed by atoms with Crippen molar-refractivity contribution in [2.24, 2.45) is 5.92 Å². The summed E-state index contributed by atoms with van der Waals surface area (Å²) in [6, 6.07) is 0. The van der Waals surface area contributed by atoms with Crippen molar-refractivity contribution in [1.29, 1.82) is 0 Å². The molecule has 15 heavy (non-hydrogen) atoms. The second kappa shape index (κ2) is 4.20. The predicted molar refractivity (Wildman–Crippen MR) is 62.2 cm³/mol. The van der Waals surface area contributed by atoms with E-state index in [0.717, 1.165) is 30.2 Å². The monoisotopic (exact) mass is 226 g/mol. The van der Waals surface area contributed by atoms with Crippen molar-refractivity contribution in [3.63, 3.8) is 0 Å². The molecule has 4 heteroatoms. The molecule has 1 fully saturated rings. The molecule has 0 saturated carbocycles. The van der Waals surface area contributed by atoms with Gasteiger partial charge in [-0.05, 0) is 25.8 Å². The largest absolute Gasteiger partial charge is 0.389 e. The van der Waals surface area contributed by atoms with Crippen molar-refractivity contribution >= 4 is 11.3 Å². The first-order chi connectivity index (χ1) is 7.10. The Hall–Kier alpha value is -0.450. The maximum Gasteiger partial charge on any atom is 0.0956 e. The van der Waals surface area contributed by atoms with E-state index in [9.17, 15) is 5.11 Å². The van der Waals surface area contributed by atoms with Crippen molar-refractivity contribution in [2.45, 2.75) is 32.3 Å². The van der Waals surface area contributed by atoms with Crippen LogP contribution < -0.4 is 5.32 Å². The van der Waals surface area contributed by atoms with Crippen LogP contribution in [0.25, 0.3) is 0 Å². The molecule has 84 valence electrons. The van der Waals surface area contributed by atoms with E-state index in [-0.39, 0.29) is 0 Å². The molecule has 2 atom stereocenters. The fourth-order valence-corrected chi connectivity index (χ4v) is 2.96. The van der Waals surface area contributed by atoms with Crippen molar-refractivity contribution < 1.29 is 5.11 Å². The topological polar surface area (TPSA) is 45.1 Å². The molecular weight excluding hydrogens is 208 g/mol. The van der Waals surface area contributed by atoms with Crippen molar-refractivity contribution in [3.8, 4) is 0 Å². The Morgan fingerprint density at radius 2 is 2.53 bits per heavy atom. The minimum Gasteiger partial charge on any atom is -0.389 e. The van der Waals surface area contributed by atoms with Crippen LogP contribution in [0, 0.1) is 12.8 Å². The first-order valence-corrected chi connectivity index (χ1v) is 6.32. The van der Waals surface area contributed by atoms with Crippen LogP contribution in [0.4, 0.5) is 0 Å². The number of nitrogens with zero attached hydrogens (tertiary/aromatic N) is 1. The Morgan fingerprint density at radius 1 is 1.73 bits per heavy atom. The number of piperidine rings is 1. The highest BCUT2D eigenvalue weighted by Crippen LogP contribution is 2.29. The van der Waals surface area contributed by atoms with Gasteiger partial charge in [-0.2, -0.15) is 0 Å². The summed E-state index contributed by atoms with van der Waals surface area (Å²) in [5.74, 6) is 0.301. The second-order valence-electron chi connectivity index (χ2n) is 4.52. The van der Waals surface area contributed by atoms with Crippen LogP contribution >= 0.6 is 11.3 Å². The van der Waals surface area contributed by atoms with Gasteiger partial charge in [0.25, 0.3) is 0 Å². The lowest BCUT2D eigenvalue weighted by molar-refractivity contribution is -0.0329. The van der Waals surface area contributed by atoms with Crippen LogP contribution in [0.5, 0.6) is 0 Å². The molecule has 1 aliphatic heterocycles. The highest BCUT2D eigenvalue weighted by molar-refractivity contribution is 7.09. The Balaban J connectivity index is 2.08. The van der Waals surface area contributed by atoms with Gasteiger partial charge in [0.1, 0.15) is 0 Å². The standard InChI is InChI=1S/C11H18N2OS/c1-8-6-12-4-3-11(8,14)5-10-13-9(2)7-15-10/h7-8,12,14H,3-6H2,1-2H3. The molecule has 0 amide bonds. The molecule has 1 saturated heterocycles. The van der Waals surface area contributed by atoms with Gasteiger partial charge in [0.05, 0.1) is 10.6 Å². The molecule has 2 heterocycles. The Morgan fingerprint density at radius 3 is 3.13 bits per heavy atom. The lowest BCUT2D eigenvalue weighted by Gasteiger charge is -2.38. The van der Waals surface area contributed by atoms with Crippen LogP contribution in [-0.4, -0.2) is 28.8 Å². The van der Waals surface area contributed by atoms with Crippen LogP contribution in [0.15, 0.2) is 5.38 Å².